The zero-order chi connectivity index (χ0) is 15.2. The average Bonchev–Trinajstić information content (AvgIpc) is 2.79. The highest BCUT2D eigenvalue weighted by Gasteiger charge is 2.09. The second-order valence-corrected chi connectivity index (χ2v) is 4.98. The van der Waals surface area contributed by atoms with Gasteiger partial charge in [-0.3, -0.25) is 4.68 Å². The summed E-state index contributed by atoms with van der Waals surface area (Å²) in [5.74, 6) is 2.54. The van der Waals surface area contributed by atoms with Crippen LogP contribution in [0.15, 0.2) is 12.3 Å². The van der Waals surface area contributed by atoms with Crippen molar-refractivity contribution in [3.8, 4) is 0 Å². The first-order valence-corrected chi connectivity index (χ1v) is 7.57. The average molecular weight is 288 g/mol. The molecule has 0 spiro atoms. The summed E-state index contributed by atoms with van der Waals surface area (Å²) in [7, 11) is 1.93. The number of aromatic nitrogens is 4. The van der Waals surface area contributed by atoms with E-state index in [1.165, 1.54) is 0 Å². The minimum Gasteiger partial charge on any atom is -0.370 e. The van der Waals surface area contributed by atoms with E-state index in [0.29, 0.717) is 0 Å². The normalized spacial score (nSPS) is 10.7. The van der Waals surface area contributed by atoms with Crippen LogP contribution in [0.5, 0.6) is 0 Å². The molecule has 114 valence electrons. The molecule has 0 saturated carbocycles. The van der Waals surface area contributed by atoms with Crippen molar-refractivity contribution in [3.63, 3.8) is 0 Å². The molecule has 0 aliphatic rings. The second-order valence-electron chi connectivity index (χ2n) is 4.98. The lowest BCUT2D eigenvalue weighted by atomic mass is 10.3. The first kappa shape index (κ1) is 15.3. The SMILES string of the molecule is CCCc1nc(NCC)cc(Nc2cn(C)nc2CC)n1. The Labute approximate surface area is 126 Å². The molecular formula is C15H24N6. The van der Waals surface area contributed by atoms with Crippen LogP contribution in [0, 0.1) is 0 Å². The molecule has 0 saturated heterocycles. The van der Waals surface area contributed by atoms with Crippen LogP contribution in [0.25, 0.3) is 0 Å². The van der Waals surface area contributed by atoms with Gasteiger partial charge in [0.15, 0.2) is 0 Å². The summed E-state index contributed by atoms with van der Waals surface area (Å²) < 4.78 is 1.82. The fraction of sp³-hybridized carbons (Fsp3) is 0.533. The van der Waals surface area contributed by atoms with Crippen LogP contribution in [0.3, 0.4) is 0 Å². The molecule has 0 aromatic carbocycles. The lowest BCUT2D eigenvalue weighted by Crippen LogP contribution is -2.06. The smallest absolute Gasteiger partial charge is 0.136 e. The van der Waals surface area contributed by atoms with Gasteiger partial charge < -0.3 is 10.6 Å². The van der Waals surface area contributed by atoms with Gasteiger partial charge in [-0.05, 0) is 19.8 Å². The summed E-state index contributed by atoms with van der Waals surface area (Å²) in [5, 5.41) is 11.1. The van der Waals surface area contributed by atoms with E-state index in [2.05, 4.69) is 46.5 Å². The van der Waals surface area contributed by atoms with Gasteiger partial charge in [0, 0.05) is 32.3 Å². The molecule has 0 aliphatic carbocycles. The Morgan fingerprint density at radius 3 is 2.57 bits per heavy atom. The zero-order valence-corrected chi connectivity index (χ0v) is 13.3. The largest absolute Gasteiger partial charge is 0.370 e. The predicted octanol–water partition coefficient (Wildman–Crippen LogP) is 2.90. The maximum atomic E-state index is 4.59. The highest BCUT2D eigenvalue weighted by molar-refractivity contribution is 5.60. The number of nitrogens with one attached hydrogen (secondary N) is 2. The zero-order valence-electron chi connectivity index (χ0n) is 13.3. The van der Waals surface area contributed by atoms with Gasteiger partial charge in [-0.1, -0.05) is 13.8 Å². The predicted molar refractivity (Wildman–Crippen MR) is 86.1 cm³/mol. The van der Waals surface area contributed by atoms with E-state index >= 15 is 0 Å². The van der Waals surface area contributed by atoms with Gasteiger partial charge in [0.2, 0.25) is 0 Å². The van der Waals surface area contributed by atoms with E-state index in [1.54, 1.807) is 0 Å². The molecule has 2 aromatic rings. The first-order valence-electron chi connectivity index (χ1n) is 7.57. The molecule has 2 N–H and O–H groups in total. The number of hydrogen-bond donors (Lipinski definition) is 2. The lowest BCUT2D eigenvalue weighted by molar-refractivity contribution is 0.746. The van der Waals surface area contributed by atoms with Crippen LogP contribution < -0.4 is 10.6 Å². The van der Waals surface area contributed by atoms with Crippen LogP contribution >= 0.6 is 0 Å². The Morgan fingerprint density at radius 2 is 1.90 bits per heavy atom. The molecule has 0 bridgehead atoms. The Morgan fingerprint density at radius 1 is 1.14 bits per heavy atom. The van der Waals surface area contributed by atoms with Crippen molar-refractivity contribution in [3.05, 3.63) is 23.8 Å². The van der Waals surface area contributed by atoms with Crippen molar-refractivity contribution in [2.75, 3.05) is 17.2 Å². The van der Waals surface area contributed by atoms with Gasteiger partial charge in [0.1, 0.15) is 17.5 Å². The molecule has 6 heteroatoms. The van der Waals surface area contributed by atoms with Crippen LogP contribution in [0.2, 0.25) is 0 Å². The minimum atomic E-state index is 0.812. The number of anilines is 3. The third kappa shape index (κ3) is 3.93. The fourth-order valence-corrected chi connectivity index (χ4v) is 2.21. The Bertz CT molecular complexity index is 566. The van der Waals surface area contributed by atoms with Crippen molar-refractivity contribution < 1.29 is 0 Å². The molecule has 0 amide bonds. The molecular weight excluding hydrogens is 264 g/mol. The van der Waals surface area contributed by atoms with Crippen molar-refractivity contribution in [2.45, 2.75) is 40.0 Å². The monoisotopic (exact) mass is 288 g/mol. The van der Waals surface area contributed by atoms with Crippen molar-refractivity contribution in [1.29, 1.82) is 0 Å². The van der Waals surface area contributed by atoms with E-state index in [0.717, 1.165) is 54.6 Å². The molecule has 0 atom stereocenters. The molecule has 0 fully saturated rings. The highest BCUT2D eigenvalue weighted by atomic mass is 15.3. The third-order valence-corrected chi connectivity index (χ3v) is 3.11. The van der Waals surface area contributed by atoms with Gasteiger partial charge in [0.05, 0.1) is 11.4 Å². The highest BCUT2D eigenvalue weighted by Crippen LogP contribution is 2.21. The summed E-state index contributed by atoms with van der Waals surface area (Å²) in [6, 6.07) is 1.94. The molecule has 2 aromatic heterocycles. The standard InChI is InChI=1S/C15H24N6/c1-5-8-13-18-14(16-7-3)9-15(19-13)17-12-10-21(4)20-11(12)6-2/h9-10H,5-8H2,1-4H3,(H2,16,17,18,19). The van der Waals surface area contributed by atoms with Crippen molar-refractivity contribution in [1.82, 2.24) is 19.7 Å². The number of hydrogen-bond acceptors (Lipinski definition) is 5. The van der Waals surface area contributed by atoms with Crippen molar-refractivity contribution in [2.24, 2.45) is 7.05 Å². The van der Waals surface area contributed by atoms with Crippen LogP contribution in [0.4, 0.5) is 17.3 Å². The topological polar surface area (TPSA) is 67.7 Å². The van der Waals surface area contributed by atoms with Gasteiger partial charge in [-0.15, -0.1) is 0 Å². The maximum Gasteiger partial charge on any atom is 0.136 e. The quantitative estimate of drug-likeness (QED) is 0.820. The Balaban J connectivity index is 2.28. The summed E-state index contributed by atoms with van der Waals surface area (Å²) in [6.45, 7) is 7.13. The van der Waals surface area contributed by atoms with Crippen LogP contribution in [0.1, 0.15) is 38.7 Å². The molecule has 6 nitrogen and oxygen atoms in total. The van der Waals surface area contributed by atoms with E-state index in [1.807, 2.05) is 24.0 Å². The number of rotatable bonds is 7. The Hall–Kier alpha value is -2.11. The third-order valence-electron chi connectivity index (χ3n) is 3.11. The maximum absolute atomic E-state index is 4.59. The van der Waals surface area contributed by atoms with E-state index in [9.17, 15) is 0 Å². The molecule has 0 radical (unpaired) electrons. The number of aryl methyl sites for hydroxylation is 3. The molecule has 0 unspecified atom stereocenters. The first-order chi connectivity index (χ1) is 10.2. The van der Waals surface area contributed by atoms with Crippen LogP contribution in [-0.2, 0) is 19.9 Å². The molecule has 2 rings (SSSR count). The molecule has 21 heavy (non-hydrogen) atoms. The van der Waals surface area contributed by atoms with Crippen LogP contribution in [-0.4, -0.2) is 26.3 Å². The van der Waals surface area contributed by atoms with E-state index < -0.39 is 0 Å². The van der Waals surface area contributed by atoms with E-state index in [4.69, 9.17) is 0 Å². The summed E-state index contributed by atoms with van der Waals surface area (Å²) in [4.78, 5) is 9.11. The summed E-state index contributed by atoms with van der Waals surface area (Å²) in [5.41, 5.74) is 2.04. The minimum absolute atomic E-state index is 0.812. The second kappa shape index (κ2) is 7.06. The summed E-state index contributed by atoms with van der Waals surface area (Å²) in [6.07, 6.45) is 4.77. The summed E-state index contributed by atoms with van der Waals surface area (Å²) >= 11 is 0. The number of nitrogens with zero attached hydrogens (tertiary/aromatic N) is 4. The Kier molecular flexibility index (Phi) is 5.14. The van der Waals surface area contributed by atoms with Crippen molar-refractivity contribution >= 4 is 17.3 Å². The fourth-order valence-electron chi connectivity index (χ4n) is 2.21. The van der Waals surface area contributed by atoms with Gasteiger partial charge in [-0.25, -0.2) is 9.97 Å². The molecule has 2 heterocycles. The van der Waals surface area contributed by atoms with E-state index in [-0.39, 0.29) is 0 Å². The van der Waals surface area contributed by atoms with Gasteiger partial charge in [-0.2, -0.15) is 5.10 Å². The van der Waals surface area contributed by atoms with Gasteiger partial charge in [0.25, 0.3) is 0 Å². The molecule has 0 aliphatic heterocycles. The van der Waals surface area contributed by atoms with Gasteiger partial charge >= 0.3 is 0 Å². The lowest BCUT2D eigenvalue weighted by Gasteiger charge is -2.10.